The quantitative estimate of drug-likeness (QED) is 0.310. The minimum atomic E-state index is -1.50. The van der Waals surface area contributed by atoms with E-state index in [1.807, 2.05) is 12.5 Å². The second-order valence-corrected chi connectivity index (χ2v) is 3.76. The molecule has 2 N–H and O–H groups in total. The maximum atomic E-state index is 8.95. The van der Waals surface area contributed by atoms with E-state index in [4.69, 9.17) is 10.0 Å². The molecular formula is C6H9BN2O2S2. The van der Waals surface area contributed by atoms with Crippen molar-refractivity contribution in [2.24, 2.45) is 0 Å². The first kappa shape index (κ1) is 10.8. The van der Waals surface area contributed by atoms with E-state index in [0.717, 1.165) is 0 Å². The number of rotatable bonds is 3. The lowest BCUT2D eigenvalue weighted by Crippen LogP contribution is -2.32. The molecule has 1 heterocycles. The van der Waals surface area contributed by atoms with Crippen LogP contribution >= 0.6 is 23.5 Å². The van der Waals surface area contributed by atoms with Gasteiger partial charge in [-0.2, -0.15) is 0 Å². The predicted octanol–water partition coefficient (Wildman–Crippen LogP) is -0.400. The second kappa shape index (κ2) is 4.85. The molecule has 4 nitrogen and oxygen atoms in total. The Balaban J connectivity index is 3.08. The third-order valence-corrected chi connectivity index (χ3v) is 2.69. The standard InChI is InChI=1S/C6H9BN2O2S2/c1-12-5-4(7(10)11)3-8-6(9-5)13-2/h3,10-11H,1-2H3. The summed E-state index contributed by atoms with van der Waals surface area (Å²) in [4.78, 5) is 8.07. The molecular weight excluding hydrogens is 207 g/mol. The van der Waals surface area contributed by atoms with Gasteiger partial charge in [-0.25, -0.2) is 9.97 Å². The van der Waals surface area contributed by atoms with Crippen molar-refractivity contribution < 1.29 is 10.0 Å². The van der Waals surface area contributed by atoms with Crippen molar-refractivity contribution in [1.82, 2.24) is 9.97 Å². The highest BCUT2D eigenvalue weighted by atomic mass is 32.2. The molecule has 0 saturated heterocycles. The molecule has 70 valence electrons. The van der Waals surface area contributed by atoms with Crippen LogP contribution in [0.25, 0.3) is 0 Å². The molecule has 0 unspecified atom stereocenters. The Morgan fingerprint density at radius 3 is 2.46 bits per heavy atom. The second-order valence-electron chi connectivity index (χ2n) is 2.19. The van der Waals surface area contributed by atoms with Gasteiger partial charge in [0.1, 0.15) is 5.03 Å². The van der Waals surface area contributed by atoms with Crippen molar-refractivity contribution in [3.05, 3.63) is 6.20 Å². The van der Waals surface area contributed by atoms with Crippen molar-refractivity contribution >= 4 is 36.1 Å². The van der Waals surface area contributed by atoms with Crippen LogP contribution in [0, 0.1) is 0 Å². The third-order valence-electron chi connectivity index (χ3n) is 1.41. The zero-order valence-electron chi connectivity index (χ0n) is 7.26. The monoisotopic (exact) mass is 216 g/mol. The van der Waals surface area contributed by atoms with E-state index in [2.05, 4.69) is 9.97 Å². The van der Waals surface area contributed by atoms with Gasteiger partial charge in [0.2, 0.25) is 0 Å². The van der Waals surface area contributed by atoms with Gasteiger partial charge in [0, 0.05) is 11.7 Å². The summed E-state index contributed by atoms with van der Waals surface area (Å²) in [6, 6.07) is 0. The molecule has 0 fully saturated rings. The van der Waals surface area contributed by atoms with Gasteiger partial charge >= 0.3 is 7.12 Å². The topological polar surface area (TPSA) is 66.2 Å². The lowest BCUT2D eigenvalue weighted by atomic mass is 9.83. The molecule has 1 rings (SSSR count). The van der Waals surface area contributed by atoms with Crippen LogP contribution in [0.4, 0.5) is 0 Å². The van der Waals surface area contributed by atoms with E-state index in [1.54, 1.807) is 0 Å². The largest absolute Gasteiger partial charge is 0.492 e. The van der Waals surface area contributed by atoms with Crippen molar-refractivity contribution in [1.29, 1.82) is 0 Å². The first-order valence-corrected chi connectivity index (χ1v) is 5.95. The molecule has 0 aromatic carbocycles. The molecule has 0 saturated carbocycles. The summed E-state index contributed by atoms with van der Waals surface area (Å²) >= 11 is 2.79. The van der Waals surface area contributed by atoms with Crippen molar-refractivity contribution in [2.45, 2.75) is 10.2 Å². The average Bonchev–Trinajstić information content (AvgIpc) is 2.16. The maximum absolute atomic E-state index is 8.95. The molecule has 1 aromatic heterocycles. The Labute approximate surface area is 85.3 Å². The minimum Gasteiger partial charge on any atom is -0.423 e. The summed E-state index contributed by atoms with van der Waals surface area (Å²) in [5.74, 6) is 0. The smallest absolute Gasteiger partial charge is 0.423 e. The zero-order valence-corrected chi connectivity index (χ0v) is 8.89. The van der Waals surface area contributed by atoms with Crippen LogP contribution in [0.1, 0.15) is 0 Å². The van der Waals surface area contributed by atoms with Crippen LogP contribution in [0.5, 0.6) is 0 Å². The molecule has 0 radical (unpaired) electrons. The Morgan fingerprint density at radius 2 is 2.00 bits per heavy atom. The molecule has 0 amide bonds. The highest BCUT2D eigenvalue weighted by Gasteiger charge is 2.17. The first-order valence-electron chi connectivity index (χ1n) is 3.50. The summed E-state index contributed by atoms with van der Waals surface area (Å²) in [6.45, 7) is 0. The van der Waals surface area contributed by atoms with Crippen LogP contribution in [0.15, 0.2) is 16.4 Å². The van der Waals surface area contributed by atoms with E-state index in [1.165, 1.54) is 29.7 Å². The molecule has 0 aliphatic carbocycles. The molecule has 0 atom stereocenters. The number of hydrogen-bond acceptors (Lipinski definition) is 6. The molecule has 0 aliphatic heterocycles. The van der Waals surface area contributed by atoms with Crippen LogP contribution in [-0.2, 0) is 0 Å². The van der Waals surface area contributed by atoms with E-state index in [9.17, 15) is 0 Å². The summed E-state index contributed by atoms with van der Waals surface area (Å²) in [7, 11) is -1.50. The molecule has 7 heteroatoms. The van der Waals surface area contributed by atoms with Gasteiger partial charge < -0.3 is 10.0 Å². The van der Waals surface area contributed by atoms with Crippen LogP contribution in [0.3, 0.4) is 0 Å². The lowest BCUT2D eigenvalue weighted by Gasteiger charge is -2.05. The molecule has 13 heavy (non-hydrogen) atoms. The number of nitrogens with zero attached hydrogens (tertiary/aromatic N) is 2. The molecule has 1 aromatic rings. The van der Waals surface area contributed by atoms with E-state index in [0.29, 0.717) is 15.6 Å². The Bertz CT molecular complexity index is 298. The van der Waals surface area contributed by atoms with Crippen molar-refractivity contribution in [2.75, 3.05) is 12.5 Å². The Kier molecular flexibility index (Phi) is 4.05. The van der Waals surface area contributed by atoms with Gasteiger partial charge in [0.15, 0.2) is 5.16 Å². The maximum Gasteiger partial charge on any atom is 0.492 e. The minimum absolute atomic E-state index is 0.352. The van der Waals surface area contributed by atoms with Crippen molar-refractivity contribution in [3.63, 3.8) is 0 Å². The average molecular weight is 216 g/mol. The van der Waals surface area contributed by atoms with Crippen LogP contribution in [0.2, 0.25) is 0 Å². The molecule has 0 spiro atoms. The van der Waals surface area contributed by atoms with Crippen LogP contribution in [-0.4, -0.2) is 39.6 Å². The zero-order chi connectivity index (χ0) is 9.84. The Morgan fingerprint density at radius 1 is 1.31 bits per heavy atom. The van der Waals surface area contributed by atoms with Gasteiger partial charge in [-0.1, -0.05) is 11.8 Å². The van der Waals surface area contributed by atoms with Gasteiger partial charge in [-0.15, -0.1) is 11.8 Å². The summed E-state index contributed by atoms with van der Waals surface area (Å²) in [5.41, 5.74) is 0.352. The summed E-state index contributed by atoms with van der Waals surface area (Å²) in [5, 5.41) is 19.1. The predicted molar refractivity (Wildman–Crippen MR) is 55.4 cm³/mol. The SMILES string of the molecule is CSc1ncc(B(O)O)c(SC)n1. The Hall–Kier alpha value is -0.235. The number of hydrogen-bond donors (Lipinski definition) is 2. The van der Waals surface area contributed by atoms with Gasteiger partial charge in [-0.05, 0) is 12.5 Å². The fourth-order valence-corrected chi connectivity index (χ4v) is 1.77. The molecule has 0 aliphatic rings. The van der Waals surface area contributed by atoms with E-state index < -0.39 is 7.12 Å². The lowest BCUT2D eigenvalue weighted by molar-refractivity contribution is 0.424. The highest BCUT2D eigenvalue weighted by Crippen LogP contribution is 2.13. The number of aromatic nitrogens is 2. The van der Waals surface area contributed by atoms with Crippen molar-refractivity contribution in [3.8, 4) is 0 Å². The fourth-order valence-electron chi connectivity index (χ4n) is 0.799. The highest BCUT2D eigenvalue weighted by molar-refractivity contribution is 7.99. The molecule has 0 bridgehead atoms. The first-order chi connectivity index (χ1) is 6.19. The van der Waals surface area contributed by atoms with E-state index in [-0.39, 0.29) is 0 Å². The van der Waals surface area contributed by atoms with Crippen LogP contribution < -0.4 is 5.46 Å². The van der Waals surface area contributed by atoms with Gasteiger partial charge in [0.05, 0.1) is 0 Å². The third kappa shape index (κ3) is 2.60. The van der Waals surface area contributed by atoms with Gasteiger partial charge in [-0.3, -0.25) is 0 Å². The van der Waals surface area contributed by atoms with Gasteiger partial charge in [0.25, 0.3) is 0 Å². The summed E-state index contributed by atoms with van der Waals surface area (Å²) in [6.07, 6.45) is 5.14. The number of thioether (sulfide) groups is 2. The normalized spacial score (nSPS) is 10.2. The fraction of sp³-hybridized carbons (Fsp3) is 0.333. The summed E-state index contributed by atoms with van der Waals surface area (Å²) < 4.78 is 0. The van der Waals surface area contributed by atoms with E-state index >= 15 is 0 Å².